The van der Waals surface area contributed by atoms with Gasteiger partial charge < -0.3 is 24.3 Å². The van der Waals surface area contributed by atoms with Crippen molar-refractivity contribution in [3.63, 3.8) is 0 Å². The number of benzene rings is 3. The van der Waals surface area contributed by atoms with Crippen LogP contribution in [0.25, 0.3) is 22.4 Å². The van der Waals surface area contributed by atoms with Gasteiger partial charge in [0.1, 0.15) is 11.5 Å². The summed E-state index contributed by atoms with van der Waals surface area (Å²) in [7, 11) is 0. The number of nitrogens with one attached hydrogen (secondary N) is 1. The van der Waals surface area contributed by atoms with Gasteiger partial charge >= 0.3 is 12.3 Å². The highest BCUT2D eigenvalue weighted by molar-refractivity contribution is 5.93. The van der Waals surface area contributed by atoms with Crippen LogP contribution in [0.5, 0.6) is 23.0 Å². The van der Waals surface area contributed by atoms with Gasteiger partial charge in [-0.15, -0.1) is 8.78 Å². The van der Waals surface area contributed by atoms with Gasteiger partial charge in [-0.25, -0.2) is 9.18 Å². The van der Waals surface area contributed by atoms with Gasteiger partial charge in [0.15, 0.2) is 23.0 Å². The molecule has 8 nitrogen and oxygen atoms in total. The third-order valence-corrected chi connectivity index (χ3v) is 5.38. The molecule has 3 aromatic carbocycles. The topological polar surface area (TPSA) is 83.8 Å². The second-order valence-corrected chi connectivity index (χ2v) is 7.67. The fourth-order valence-corrected chi connectivity index (χ4v) is 3.78. The summed E-state index contributed by atoms with van der Waals surface area (Å²) in [5.41, 5.74) is 2.46. The normalized spacial score (nSPS) is 14.7. The van der Waals surface area contributed by atoms with Crippen LogP contribution in [0.2, 0.25) is 0 Å². The quantitative estimate of drug-likeness (QED) is 0.417. The standard InChI is InChI=1S/C24H14F3N3O5/c25-15-4-1-13(2-5-15)17-11-30(29-22(17)14-3-7-18-20(9-14)33-12-32-18)23(31)28-16-6-8-19-21(10-16)35-24(26,27)34-19/h1-11H,12H2,(H,28,31). The Hall–Kier alpha value is -4.67. The second kappa shape index (κ2) is 7.69. The number of rotatable bonds is 3. The summed E-state index contributed by atoms with van der Waals surface area (Å²) < 4.78 is 60.7. The first-order valence-electron chi connectivity index (χ1n) is 10.3. The van der Waals surface area contributed by atoms with Crippen LogP contribution in [0.4, 0.5) is 23.7 Å². The van der Waals surface area contributed by atoms with Gasteiger partial charge in [0.2, 0.25) is 6.79 Å². The Morgan fingerprint density at radius 1 is 0.886 bits per heavy atom. The number of alkyl halides is 2. The molecule has 1 N–H and O–H groups in total. The highest BCUT2D eigenvalue weighted by atomic mass is 19.3. The van der Waals surface area contributed by atoms with Gasteiger partial charge in [0.05, 0.1) is 0 Å². The number of anilines is 1. The molecule has 0 spiro atoms. The smallest absolute Gasteiger partial charge is 0.454 e. The number of aromatic nitrogens is 2. The molecule has 0 atom stereocenters. The molecule has 0 fully saturated rings. The fourth-order valence-electron chi connectivity index (χ4n) is 3.78. The van der Waals surface area contributed by atoms with Crippen molar-refractivity contribution in [1.29, 1.82) is 0 Å². The summed E-state index contributed by atoms with van der Waals surface area (Å²) in [4.78, 5) is 13.0. The molecule has 1 aromatic heterocycles. The Bertz CT molecular complexity index is 1470. The number of amides is 1. The molecule has 0 aliphatic carbocycles. The molecule has 176 valence electrons. The van der Waals surface area contributed by atoms with Crippen LogP contribution in [0, 0.1) is 5.82 Å². The van der Waals surface area contributed by atoms with Gasteiger partial charge in [-0.3, -0.25) is 0 Å². The number of ether oxygens (including phenoxy) is 4. The largest absolute Gasteiger partial charge is 0.586 e. The van der Waals surface area contributed by atoms with E-state index >= 15 is 0 Å². The maximum atomic E-state index is 13.5. The van der Waals surface area contributed by atoms with Crippen LogP contribution in [-0.2, 0) is 0 Å². The van der Waals surface area contributed by atoms with Crippen molar-refractivity contribution in [2.45, 2.75) is 6.29 Å². The Morgan fingerprint density at radius 2 is 1.60 bits per heavy atom. The molecule has 1 amide bonds. The third-order valence-electron chi connectivity index (χ3n) is 5.38. The van der Waals surface area contributed by atoms with Gasteiger partial charge in [-0.2, -0.15) is 9.78 Å². The van der Waals surface area contributed by atoms with Crippen molar-refractivity contribution in [2.24, 2.45) is 0 Å². The Balaban J connectivity index is 1.35. The van der Waals surface area contributed by atoms with E-state index in [1.54, 1.807) is 30.3 Å². The van der Waals surface area contributed by atoms with E-state index < -0.39 is 18.1 Å². The molecule has 0 unspecified atom stereocenters. The van der Waals surface area contributed by atoms with Crippen molar-refractivity contribution in [3.05, 3.63) is 72.7 Å². The maximum Gasteiger partial charge on any atom is 0.586 e. The van der Waals surface area contributed by atoms with E-state index in [-0.39, 0.29) is 24.0 Å². The molecule has 6 rings (SSSR count). The minimum atomic E-state index is -3.77. The number of hydrogen-bond donors (Lipinski definition) is 1. The van der Waals surface area contributed by atoms with Crippen LogP contribution in [-0.4, -0.2) is 28.9 Å². The van der Waals surface area contributed by atoms with E-state index in [0.717, 1.165) is 4.68 Å². The lowest BCUT2D eigenvalue weighted by molar-refractivity contribution is -0.286. The molecular weight excluding hydrogens is 467 g/mol. The lowest BCUT2D eigenvalue weighted by Gasteiger charge is -2.06. The van der Waals surface area contributed by atoms with E-state index in [2.05, 4.69) is 19.9 Å². The van der Waals surface area contributed by atoms with Crippen LogP contribution >= 0.6 is 0 Å². The third kappa shape index (κ3) is 3.86. The Labute approximate surface area is 195 Å². The first-order valence-corrected chi connectivity index (χ1v) is 10.3. The van der Waals surface area contributed by atoms with Crippen molar-refractivity contribution < 1.29 is 36.9 Å². The number of carbonyl (C=O) groups is 1. The summed E-state index contributed by atoms with van der Waals surface area (Å²) in [6, 6.07) is 14.2. The number of nitrogens with zero attached hydrogens (tertiary/aromatic N) is 2. The van der Waals surface area contributed by atoms with E-state index in [9.17, 15) is 18.0 Å². The number of fused-ring (bicyclic) bond motifs is 2. The molecule has 2 aliphatic heterocycles. The van der Waals surface area contributed by atoms with Crippen molar-refractivity contribution in [3.8, 4) is 45.4 Å². The zero-order valence-corrected chi connectivity index (χ0v) is 17.6. The van der Waals surface area contributed by atoms with Gasteiger partial charge in [0, 0.05) is 29.1 Å². The Kier molecular flexibility index (Phi) is 4.59. The summed E-state index contributed by atoms with van der Waals surface area (Å²) in [6.07, 6.45) is -2.28. The minimum Gasteiger partial charge on any atom is -0.454 e. The summed E-state index contributed by atoms with van der Waals surface area (Å²) in [6.45, 7) is 0.0991. The van der Waals surface area contributed by atoms with Crippen LogP contribution in [0.1, 0.15) is 0 Å². The molecular formula is C24H14F3N3O5. The molecule has 0 saturated carbocycles. The summed E-state index contributed by atoms with van der Waals surface area (Å²) in [5, 5.41) is 7.02. The summed E-state index contributed by atoms with van der Waals surface area (Å²) in [5.74, 6) is 0.361. The molecule has 0 bridgehead atoms. The first-order chi connectivity index (χ1) is 16.8. The van der Waals surface area contributed by atoms with Crippen LogP contribution in [0.15, 0.2) is 66.9 Å². The molecule has 11 heteroatoms. The highest BCUT2D eigenvalue weighted by Crippen LogP contribution is 2.42. The highest BCUT2D eigenvalue weighted by Gasteiger charge is 2.43. The number of halogens is 3. The lowest BCUT2D eigenvalue weighted by atomic mass is 10.0. The zero-order valence-electron chi connectivity index (χ0n) is 17.6. The average molecular weight is 481 g/mol. The SMILES string of the molecule is O=C(Nc1ccc2c(c1)OC(F)(F)O2)n1cc(-c2ccc(F)cc2)c(-c2ccc3c(c2)OCO3)n1. The van der Waals surface area contributed by atoms with E-state index in [1.807, 2.05) is 0 Å². The average Bonchev–Trinajstić information content (AvgIpc) is 3.54. The van der Waals surface area contributed by atoms with Gasteiger partial charge in [0.25, 0.3) is 0 Å². The summed E-state index contributed by atoms with van der Waals surface area (Å²) >= 11 is 0. The predicted octanol–water partition coefficient (Wildman–Crippen LogP) is 5.49. The van der Waals surface area contributed by atoms with Gasteiger partial charge in [-0.1, -0.05) is 12.1 Å². The van der Waals surface area contributed by atoms with Crippen molar-refractivity contribution in [2.75, 3.05) is 12.1 Å². The second-order valence-electron chi connectivity index (χ2n) is 7.67. The number of carbonyl (C=O) groups excluding carboxylic acids is 1. The Morgan fingerprint density at radius 3 is 2.43 bits per heavy atom. The first kappa shape index (κ1) is 20.9. The fraction of sp³-hybridized carbons (Fsp3) is 0.0833. The molecule has 3 heterocycles. The number of hydrogen-bond acceptors (Lipinski definition) is 6. The van der Waals surface area contributed by atoms with E-state index in [0.29, 0.717) is 33.9 Å². The van der Waals surface area contributed by atoms with Crippen LogP contribution < -0.4 is 24.3 Å². The lowest BCUT2D eigenvalue weighted by Crippen LogP contribution is -2.25. The monoisotopic (exact) mass is 481 g/mol. The van der Waals surface area contributed by atoms with Crippen molar-refractivity contribution in [1.82, 2.24) is 9.78 Å². The zero-order chi connectivity index (χ0) is 24.2. The molecule has 35 heavy (non-hydrogen) atoms. The molecule has 0 radical (unpaired) electrons. The predicted molar refractivity (Wildman–Crippen MR) is 116 cm³/mol. The van der Waals surface area contributed by atoms with E-state index in [1.165, 1.54) is 36.5 Å². The molecule has 0 saturated heterocycles. The maximum absolute atomic E-state index is 13.5. The van der Waals surface area contributed by atoms with E-state index in [4.69, 9.17) is 9.47 Å². The molecule has 2 aliphatic rings. The minimum absolute atomic E-state index is 0.0991. The van der Waals surface area contributed by atoms with Gasteiger partial charge in [-0.05, 0) is 48.0 Å². The van der Waals surface area contributed by atoms with Crippen molar-refractivity contribution >= 4 is 11.7 Å². The van der Waals surface area contributed by atoms with Crippen LogP contribution in [0.3, 0.4) is 0 Å². The molecule has 4 aromatic rings.